The highest BCUT2D eigenvalue weighted by Gasteiger charge is 2.19. The normalized spacial score (nSPS) is 11.0. The third kappa shape index (κ3) is 5.68. The Labute approximate surface area is 243 Å². The van der Waals surface area contributed by atoms with Gasteiger partial charge < -0.3 is 18.9 Å². The topological polar surface area (TPSA) is 101 Å². The number of carbonyl (C=O) groups excluding carboxylic acids is 1. The standard InChI is InChI=1S/C31H24BrN3O6/c1-38-26-16-21(17-27(39-2)28(26)40-3)31(37)41-25-11-7-4-8-20(25)18-33-35-29(19-12-14-22(32)15-13-19)34-24-10-6-5-9-23(24)30(35)36/h4-18H,1-3H3. The van der Waals surface area contributed by atoms with Crippen molar-refractivity contribution < 1.29 is 23.7 Å². The van der Waals surface area contributed by atoms with Crippen LogP contribution < -0.4 is 24.5 Å². The van der Waals surface area contributed by atoms with E-state index in [-0.39, 0.29) is 16.9 Å². The van der Waals surface area contributed by atoms with E-state index < -0.39 is 5.97 Å². The highest BCUT2D eigenvalue weighted by atomic mass is 79.9. The Bertz CT molecular complexity index is 1810. The molecular weight excluding hydrogens is 590 g/mol. The molecule has 0 N–H and O–H groups in total. The molecule has 1 heterocycles. The zero-order chi connectivity index (χ0) is 28.9. The molecule has 1 aromatic heterocycles. The Hall–Kier alpha value is -4.96. The summed E-state index contributed by atoms with van der Waals surface area (Å²) in [5.74, 6) is 0.946. The predicted octanol–water partition coefficient (Wildman–Crippen LogP) is 5.95. The third-order valence-corrected chi connectivity index (χ3v) is 6.72. The summed E-state index contributed by atoms with van der Waals surface area (Å²) >= 11 is 3.44. The van der Waals surface area contributed by atoms with Gasteiger partial charge in [-0.25, -0.2) is 9.78 Å². The van der Waals surface area contributed by atoms with Gasteiger partial charge in [-0.3, -0.25) is 4.79 Å². The molecule has 5 aromatic rings. The molecule has 206 valence electrons. The summed E-state index contributed by atoms with van der Waals surface area (Å²) in [6.45, 7) is 0. The van der Waals surface area contributed by atoms with Gasteiger partial charge in [-0.2, -0.15) is 9.78 Å². The lowest BCUT2D eigenvalue weighted by atomic mass is 10.1. The highest BCUT2D eigenvalue weighted by molar-refractivity contribution is 9.10. The molecule has 0 bridgehead atoms. The number of methoxy groups -OCH3 is 3. The van der Waals surface area contributed by atoms with Crippen LogP contribution in [0.25, 0.3) is 22.3 Å². The second kappa shape index (κ2) is 12.1. The number of hydrogen-bond donors (Lipinski definition) is 0. The van der Waals surface area contributed by atoms with Gasteiger partial charge in [-0.05, 0) is 48.5 Å². The van der Waals surface area contributed by atoms with E-state index in [1.807, 2.05) is 30.3 Å². The van der Waals surface area contributed by atoms with Gasteiger partial charge in [-0.15, -0.1) is 0 Å². The molecule has 0 aliphatic carbocycles. The molecule has 9 nitrogen and oxygen atoms in total. The van der Waals surface area contributed by atoms with E-state index in [4.69, 9.17) is 23.9 Å². The van der Waals surface area contributed by atoms with E-state index in [0.717, 1.165) is 4.47 Å². The zero-order valence-corrected chi connectivity index (χ0v) is 23.9. The first kappa shape index (κ1) is 27.6. The summed E-state index contributed by atoms with van der Waals surface area (Å²) < 4.78 is 23.9. The van der Waals surface area contributed by atoms with Crippen LogP contribution in [0.3, 0.4) is 0 Å². The van der Waals surface area contributed by atoms with Crippen molar-refractivity contribution in [2.24, 2.45) is 5.10 Å². The van der Waals surface area contributed by atoms with Gasteiger partial charge >= 0.3 is 5.97 Å². The SMILES string of the molecule is COc1cc(C(=O)Oc2ccccc2C=Nn2c(-c3ccc(Br)cc3)nc3ccccc3c2=O)cc(OC)c1OC. The molecular formula is C31H24BrN3O6. The van der Waals surface area contributed by atoms with Crippen LogP contribution in [-0.2, 0) is 0 Å². The van der Waals surface area contributed by atoms with Gasteiger partial charge in [0.1, 0.15) is 5.75 Å². The van der Waals surface area contributed by atoms with Crippen molar-refractivity contribution in [1.82, 2.24) is 9.66 Å². The number of aromatic nitrogens is 2. The second-order valence-electron chi connectivity index (χ2n) is 8.66. The van der Waals surface area contributed by atoms with E-state index in [2.05, 4.69) is 21.0 Å². The molecule has 0 saturated carbocycles. The first-order chi connectivity index (χ1) is 19.9. The lowest BCUT2D eigenvalue weighted by Gasteiger charge is -2.14. The minimum absolute atomic E-state index is 0.193. The van der Waals surface area contributed by atoms with Gasteiger partial charge in [0.2, 0.25) is 5.75 Å². The maximum absolute atomic E-state index is 13.5. The fourth-order valence-electron chi connectivity index (χ4n) is 4.17. The lowest BCUT2D eigenvalue weighted by Crippen LogP contribution is -2.20. The van der Waals surface area contributed by atoms with Crippen LogP contribution in [0, 0.1) is 0 Å². The number of halogens is 1. The fraction of sp³-hybridized carbons (Fsp3) is 0.0968. The molecule has 0 unspecified atom stereocenters. The molecule has 0 spiro atoms. The quantitative estimate of drug-likeness (QED) is 0.121. The van der Waals surface area contributed by atoms with Crippen LogP contribution in [0.4, 0.5) is 0 Å². The van der Waals surface area contributed by atoms with Crippen molar-refractivity contribution in [1.29, 1.82) is 0 Å². The number of para-hydroxylation sites is 2. The summed E-state index contributed by atoms with van der Waals surface area (Å²) in [5, 5.41) is 4.92. The maximum atomic E-state index is 13.5. The van der Waals surface area contributed by atoms with Crippen molar-refractivity contribution in [3.63, 3.8) is 0 Å². The van der Waals surface area contributed by atoms with Crippen molar-refractivity contribution in [2.45, 2.75) is 0 Å². The first-order valence-electron chi connectivity index (χ1n) is 12.4. The third-order valence-electron chi connectivity index (χ3n) is 6.19. The predicted molar refractivity (Wildman–Crippen MR) is 160 cm³/mol. The maximum Gasteiger partial charge on any atom is 0.343 e. The van der Waals surface area contributed by atoms with Gasteiger partial charge in [-0.1, -0.05) is 52.3 Å². The molecule has 0 radical (unpaired) electrons. The van der Waals surface area contributed by atoms with Crippen molar-refractivity contribution >= 4 is 39.0 Å². The number of hydrogen-bond acceptors (Lipinski definition) is 8. The van der Waals surface area contributed by atoms with Gasteiger partial charge in [0.15, 0.2) is 17.3 Å². The van der Waals surface area contributed by atoms with Gasteiger partial charge in [0.05, 0.1) is 44.0 Å². The van der Waals surface area contributed by atoms with E-state index in [1.54, 1.807) is 42.5 Å². The number of nitrogens with zero attached hydrogens (tertiary/aromatic N) is 3. The first-order valence-corrected chi connectivity index (χ1v) is 13.2. The zero-order valence-electron chi connectivity index (χ0n) is 22.3. The number of esters is 1. The Morgan fingerprint density at radius 3 is 2.20 bits per heavy atom. The average Bonchev–Trinajstić information content (AvgIpc) is 3.00. The summed E-state index contributed by atoms with van der Waals surface area (Å²) in [5.41, 5.74) is 1.59. The van der Waals surface area contributed by atoms with E-state index >= 15 is 0 Å². The molecule has 0 aliphatic heterocycles. The minimum Gasteiger partial charge on any atom is -0.493 e. The summed E-state index contributed by atoms with van der Waals surface area (Å²) in [7, 11) is 4.40. The Kier molecular flexibility index (Phi) is 8.11. The molecule has 0 amide bonds. The minimum atomic E-state index is -0.648. The molecule has 0 aliphatic rings. The Morgan fingerprint density at radius 2 is 1.51 bits per heavy atom. The number of fused-ring (bicyclic) bond motifs is 1. The molecule has 41 heavy (non-hydrogen) atoms. The average molecular weight is 614 g/mol. The van der Waals surface area contributed by atoms with Crippen LogP contribution in [0.15, 0.2) is 99.3 Å². The number of ether oxygens (including phenoxy) is 4. The molecule has 10 heteroatoms. The molecule has 5 rings (SSSR count). The Morgan fingerprint density at radius 1 is 0.854 bits per heavy atom. The molecule has 0 fully saturated rings. The molecule has 4 aromatic carbocycles. The summed E-state index contributed by atoms with van der Waals surface area (Å²) in [6, 6.07) is 24.4. The monoisotopic (exact) mass is 613 g/mol. The number of benzene rings is 4. The van der Waals surface area contributed by atoms with Crippen LogP contribution in [0.5, 0.6) is 23.0 Å². The van der Waals surface area contributed by atoms with Crippen molar-refractivity contribution in [2.75, 3.05) is 21.3 Å². The number of carbonyl (C=O) groups is 1. The second-order valence-corrected chi connectivity index (χ2v) is 9.58. The fourth-order valence-corrected chi connectivity index (χ4v) is 4.44. The van der Waals surface area contributed by atoms with Crippen LogP contribution >= 0.6 is 15.9 Å². The van der Waals surface area contributed by atoms with Gasteiger partial charge in [0, 0.05) is 15.6 Å². The van der Waals surface area contributed by atoms with Crippen LogP contribution in [0.2, 0.25) is 0 Å². The molecule has 0 atom stereocenters. The van der Waals surface area contributed by atoms with Crippen LogP contribution in [0.1, 0.15) is 15.9 Å². The summed E-state index contributed by atoms with van der Waals surface area (Å²) in [6.07, 6.45) is 1.46. The largest absolute Gasteiger partial charge is 0.493 e. The van der Waals surface area contributed by atoms with E-state index in [0.29, 0.717) is 45.1 Å². The lowest BCUT2D eigenvalue weighted by molar-refractivity contribution is 0.0733. The van der Waals surface area contributed by atoms with E-state index in [9.17, 15) is 9.59 Å². The van der Waals surface area contributed by atoms with Gasteiger partial charge in [0.25, 0.3) is 5.56 Å². The summed E-state index contributed by atoms with van der Waals surface area (Å²) in [4.78, 5) is 31.4. The van der Waals surface area contributed by atoms with Crippen LogP contribution in [-0.4, -0.2) is 43.2 Å². The smallest absolute Gasteiger partial charge is 0.343 e. The van der Waals surface area contributed by atoms with Crippen molar-refractivity contribution in [3.05, 3.63) is 111 Å². The van der Waals surface area contributed by atoms with Crippen molar-refractivity contribution in [3.8, 4) is 34.4 Å². The van der Waals surface area contributed by atoms with E-state index in [1.165, 1.54) is 44.4 Å². The molecule has 0 saturated heterocycles. The highest BCUT2D eigenvalue weighted by Crippen LogP contribution is 2.38. The Balaban J connectivity index is 1.54. The number of rotatable bonds is 8.